The molecule has 3 nitrogen and oxygen atoms in total. The fourth-order valence-electron chi connectivity index (χ4n) is 4.35. The van der Waals surface area contributed by atoms with Gasteiger partial charge in [-0.05, 0) is 54.9 Å². The van der Waals surface area contributed by atoms with Crippen LogP contribution in [0.5, 0.6) is 0 Å². The molecule has 1 amide bonds. The summed E-state index contributed by atoms with van der Waals surface area (Å²) in [4.78, 5) is 16.9. The molecule has 0 saturated carbocycles. The molecule has 4 rings (SSSR count). The highest BCUT2D eigenvalue weighted by Gasteiger charge is 2.42. The number of nitrogens with zero attached hydrogens (tertiary/aromatic N) is 2. The quantitative estimate of drug-likeness (QED) is 0.803. The molecule has 138 valence electrons. The van der Waals surface area contributed by atoms with E-state index in [1.165, 1.54) is 12.1 Å². The summed E-state index contributed by atoms with van der Waals surface area (Å²) < 4.78 is 26.6. The molecule has 1 atom stereocenters. The molecular formula is C20H22F2N2OS. The Balaban J connectivity index is 1.41. The SMILES string of the molecule is O=C(c1ccsc1)N1CCC2(CCCN(Cc3ccc(F)c(F)c3)C2)C1. The Hall–Kier alpha value is -1.79. The van der Waals surface area contributed by atoms with Crippen LogP contribution >= 0.6 is 11.3 Å². The van der Waals surface area contributed by atoms with Gasteiger partial charge in [0.1, 0.15) is 0 Å². The zero-order valence-electron chi connectivity index (χ0n) is 14.6. The smallest absolute Gasteiger partial charge is 0.254 e. The van der Waals surface area contributed by atoms with Crippen molar-refractivity contribution >= 4 is 17.2 Å². The van der Waals surface area contributed by atoms with Crippen LogP contribution in [-0.4, -0.2) is 41.9 Å². The third-order valence-electron chi connectivity index (χ3n) is 5.62. The molecule has 2 aromatic rings. The van der Waals surface area contributed by atoms with Crippen LogP contribution in [0, 0.1) is 17.0 Å². The van der Waals surface area contributed by atoms with Crippen LogP contribution in [-0.2, 0) is 6.54 Å². The number of piperidine rings is 1. The molecule has 1 aromatic carbocycles. The molecule has 0 aliphatic carbocycles. The molecule has 2 fully saturated rings. The molecule has 1 spiro atoms. The van der Waals surface area contributed by atoms with Gasteiger partial charge in [-0.2, -0.15) is 11.3 Å². The van der Waals surface area contributed by atoms with E-state index < -0.39 is 11.6 Å². The van der Waals surface area contributed by atoms with Crippen LogP contribution in [0.2, 0.25) is 0 Å². The van der Waals surface area contributed by atoms with Crippen LogP contribution in [0.1, 0.15) is 35.2 Å². The second-order valence-electron chi connectivity index (χ2n) is 7.55. The van der Waals surface area contributed by atoms with Crippen molar-refractivity contribution < 1.29 is 13.6 Å². The Morgan fingerprint density at radius 2 is 2.00 bits per heavy atom. The van der Waals surface area contributed by atoms with Gasteiger partial charge in [0.2, 0.25) is 0 Å². The van der Waals surface area contributed by atoms with Gasteiger partial charge in [-0.25, -0.2) is 8.78 Å². The molecule has 2 aliphatic heterocycles. The van der Waals surface area contributed by atoms with Crippen molar-refractivity contribution in [1.82, 2.24) is 9.80 Å². The number of carbonyl (C=O) groups excluding carboxylic acids is 1. The van der Waals surface area contributed by atoms with Gasteiger partial charge < -0.3 is 4.90 Å². The summed E-state index contributed by atoms with van der Waals surface area (Å²) in [7, 11) is 0. The fraction of sp³-hybridized carbons (Fsp3) is 0.450. The fourth-order valence-corrected chi connectivity index (χ4v) is 4.98. The third kappa shape index (κ3) is 3.53. The first-order valence-corrected chi connectivity index (χ1v) is 9.97. The minimum atomic E-state index is -0.803. The number of thiophene rings is 1. The number of rotatable bonds is 3. The van der Waals surface area contributed by atoms with Crippen LogP contribution < -0.4 is 0 Å². The van der Waals surface area contributed by atoms with Crippen molar-refractivity contribution in [3.63, 3.8) is 0 Å². The van der Waals surface area contributed by atoms with Crippen LogP contribution in [0.4, 0.5) is 8.78 Å². The molecular weight excluding hydrogens is 354 g/mol. The second kappa shape index (κ2) is 7.08. The van der Waals surface area contributed by atoms with Crippen molar-refractivity contribution in [2.75, 3.05) is 26.2 Å². The first kappa shape index (κ1) is 17.6. The Labute approximate surface area is 156 Å². The lowest BCUT2D eigenvalue weighted by Crippen LogP contribution is -2.45. The van der Waals surface area contributed by atoms with Gasteiger partial charge in [0.25, 0.3) is 5.91 Å². The number of benzene rings is 1. The number of hydrogen-bond donors (Lipinski definition) is 0. The van der Waals surface area contributed by atoms with E-state index in [0.29, 0.717) is 6.54 Å². The second-order valence-corrected chi connectivity index (χ2v) is 8.33. The van der Waals surface area contributed by atoms with Gasteiger partial charge in [-0.15, -0.1) is 0 Å². The summed E-state index contributed by atoms with van der Waals surface area (Å²) in [5, 5.41) is 3.84. The van der Waals surface area contributed by atoms with E-state index in [0.717, 1.165) is 56.6 Å². The first-order chi connectivity index (χ1) is 12.5. The van der Waals surface area contributed by atoms with Crippen LogP contribution in [0.15, 0.2) is 35.0 Å². The van der Waals surface area contributed by atoms with Gasteiger partial charge >= 0.3 is 0 Å². The summed E-state index contributed by atoms with van der Waals surface area (Å²) >= 11 is 1.54. The standard InChI is InChI=1S/C20H22F2N2OS/c21-17-3-2-15(10-18(17)22)11-23-7-1-5-20(13-23)6-8-24(14-20)19(25)16-4-9-26-12-16/h2-4,9-10,12H,1,5-8,11,13-14H2. The molecule has 3 heterocycles. The monoisotopic (exact) mass is 376 g/mol. The molecule has 0 N–H and O–H groups in total. The van der Waals surface area contributed by atoms with Gasteiger partial charge in [0, 0.05) is 37.0 Å². The molecule has 1 aromatic heterocycles. The van der Waals surface area contributed by atoms with E-state index in [2.05, 4.69) is 4.90 Å². The number of halogens is 2. The molecule has 1 unspecified atom stereocenters. The lowest BCUT2D eigenvalue weighted by Gasteiger charge is -2.40. The average Bonchev–Trinajstić information content (AvgIpc) is 3.28. The molecule has 2 aliphatic rings. The number of likely N-dealkylation sites (tertiary alicyclic amines) is 2. The highest BCUT2D eigenvalue weighted by atomic mass is 32.1. The largest absolute Gasteiger partial charge is 0.338 e. The maximum atomic E-state index is 13.5. The molecule has 0 radical (unpaired) electrons. The van der Waals surface area contributed by atoms with E-state index in [1.807, 2.05) is 21.7 Å². The molecule has 0 bridgehead atoms. The molecule has 26 heavy (non-hydrogen) atoms. The lowest BCUT2D eigenvalue weighted by atomic mass is 9.79. The summed E-state index contributed by atoms with van der Waals surface area (Å²) in [5.74, 6) is -1.47. The van der Waals surface area contributed by atoms with Gasteiger partial charge in [0.15, 0.2) is 11.6 Å². The predicted molar refractivity (Wildman–Crippen MR) is 98.1 cm³/mol. The summed E-state index contributed by atoms with van der Waals surface area (Å²) in [5.41, 5.74) is 1.70. The van der Waals surface area contributed by atoms with Crippen LogP contribution in [0.3, 0.4) is 0 Å². The zero-order valence-corrected chi connectivity index (χ0v) is 15.4. The van der Waals surface area contributed by atoms with Crippen molar-refractivity contribution in [3.05, 3.63) is 57.8 Å². The topological polar surface area (TPSA) is 23.6 Å². The summed E-state index contributed by atoms with van der Waals surface area (Å²) in [6, 6.07) is 6.02. The maximum absolute atomic E-state index is 13.5. The van der Waals surface area contributed by atoms with E-state index in [-0.39, 0.29) is 11.3 Å². The number of carbonyl (C=O) groups is 1. The normalized spacial score (nSPS) is 23.7. The highest BCUT2D eigenvalue weighted by molar-refractivity contribution is 7.08. The van der Waals surface area contributed by atoms with E-state index in [4.69, 9.17) is 0 Å². The van der Waals surface area contributed by atoms with Crippen molar-refractivity contribution in [2.24, 2.45) is 5.41 Å². The van der Waals surface area contributed by atoms with Crippen molar-refractivity contribution in [1.29, 1.82) is 0 Å². The first-order valence-electron chi connectivity index (χ1n) is 9.02. The van der Waals surface area contributed by atoms with Gasteiger partial charge in [0.05, 0.1) is 5.56 Å². The van der Waals surface area contributed by atoms with Gasteiger partial charge in [-0.1, -0.05) is 6.07 Å². The van der Waals surface area contributed by atoms with Gasteiger partial charge in [-0.3, -0.25) is 9.69 Å². The molecule has 2 saturated heterocycles. The predicted octanol–water partition coefficient (Wildman–Crippen LogP) is 4.15. The number of hydrogen-bond acceptors (Lipinski definition) is 3. The Morgan fingerprint density at radius 3 is 2.77 bits per heavy atom. The Morgan fingerprint density at radius 1 is 1.12 bits per heavy atom. The van der Waals surface area contributed by atoms with Crippen LogP contribution in [0.25, 0.3) is 0 Å². The maximum Gasteiger partial charge on any atom is 0.254 e. The summed E-state index contributed by atoms with van der Waals surface area (Å²) in [6.07, 6.45) is 3.20. The minimum absolute atomic E-state index is 0.126. The van der Waals surface area contributed by atoms with E-state index in [9.17, 15) is 13.6 Å². The third-order valence-corrected chi connectivity index (χ3v) is 6.31. The Kier molecular flexibility index (Phi) is 4.80. The minimum Gasteiger partial charge on any atom is -0.338 e. The summed E-state index contributed by atoms with van der Waals surface area (Å²) in [6.45, 7) is 4.07. The van der Waals surface area contributed by atoms with Crippen molar-refractivity contribution in [2.45, 2.75) is 25.8 Å². The van der Waals surface area contributed by atoms with E-state index in [1.54, 1.807) is 17.4 Å². The zero-order chi connectivity index (χ0) is 18.1. The Bertz CT molecular complexity index is 795. The highest BCUT2D eigenvalue weighted by Crippen LogP contribution is 2.40. The van der Waals surface area contributed by atoms with Crippen molar-refractivity contribution in [3.8, 4) is 0 Å². The lowest BCUT2D eigenvalue weighted by molar-refractivity contribution is 0.0675. The van der Waals surface area contributed by atoms with E-state index >= 15 is 0 Å². The average molecular weight is 376 g/mol. The molecule has 6 heteroatoms. The number of amides is 1.